The maximum atomic E-state index is 6.85. The highest BCUT2D eigenvalue weighted by atomic mass is 16.3. The van der Waals surface area contributed by atoms with Gasteiger partial charge in [0.1, 0.15) is 11.2 Å². The fraction of sp³-hybridized carbons (Fsp3) is 0. The number of benzene rings is 11. The molecule has 4 aromatic heterocycles. The van der Waals surface area contributed by atoms with Gasteiger partial charge >= 0.3 is 0 Å². The fourth-order valence-corrected chi connectivity index (χ4v) is 11.2. The molecule has 15 aromatic rings. The quantitative estimate of drug-likeness (QED) is 0.167. The summed E-state index contributed by atoms with van der Waals surface area (Å²) in [6, 6.07) is 83.9. The van der Waals surface area contributed by atoms with Crippen molar-refractivity contribution in [1.82, 2.24) is 24.1 Å². The molecule has 0 N–H and O–H groups in total. The highest BCUT2D eigenvalue weighted by Gasteiger charge is 2.24. The molecule has 0 aliphatic carbocycles. The van der Waals surface area contributed by atoms with Gasteiger partial charge in [0.05, 0.1) is 22.1 Å². The predicted octanol–water partition coefficient (Wildman–Crippen LogP) is 16.9. The van der Waals surface area contributed by atoms with Crippen LogP contribution in [0.15, 0.2) is 241 Å². The number of rotatable bonds is 6. The summed E-state index contributed by atoms with van der Waals surface area (Å²) < 4.78 is 11.6. The second-order valence-corrected chi connectivity index (χ2v) is 18.3. The van der Waals surface area contributed by atoms with Crippen LogP contribution in [-0.4, -0.2) is 24.1 Å². The van der Waals surface area contributed by atoms with Gasteiger partial charge in [0.15, 0.2) is 17.5 Å². The van der Waals surface area contributed by atoms with E-state index in [9.17, 15) is 0 Å². The van der Waals surface area contributed by atoms with E-state index in [1.807, 2.05) is 18.2 Å². The summed E-state index contributed by atoms with van der Waals surface area (Å²) in [4.78, 5) is 16.3. The lowest BCUT2D eigenvalue weighted by Crippen LogP contribution is -2.02. The zero-order chi connectivity index (χ0) is 46.6. The van der Waals surface area contributed by atoms with Crippen molar-refractivity contribution in [2.24, 2.45) is 0 Å². The van der Waals surface area contributed by atoms with Crippen LogP contribution in [0, 0.1) is 0 Å². The number of para-hydroxylation sites is 3. The molecule has 0 aliphatic rings. The van der Waals surface area contributed by atoms with Crippen LogP contribution in [0.1, 0.15) is 0 Å². The van der Waals surface area contributed by atoms with Gasteiger partial charge < -0.3 is 13.6 Å². The molecule has 0 amide bonds. The number of hydrogen-bond acceptors (Lipinski definition) is 4. The lowest BCUT2D eigenvalue weighted by atomic mass is 9.93. The van der Waals surface area contributed by atoms with Crippen LogP contribution in [0.3, 0.4) is 0 Å². The Balaban J connectivity index is 1.04. The molecule has 0 fully saturated rings. The molecule has 0 saturated carbocycles. The number of hydrogen-bond donors (Lipinski definition) is 0. The molecule has 0 atom stereocenters. The van der Waals surface area contributed by atoms with Crippen molar-refractivity contribution in [1.29, 1.82) is 0 Å². The summed E-state index contributed by atoms with van der Waals surface area (Å²) in [5.74, 6) is 1.76. The van der Waals surface area contributed by atoms with Gasteiger partial charge in [-0.1, -0.05) is 164 Å². The van der Waals surface area contributed by atoms with E-state index in [0.29, 0.717) is 17.5 Å². The number of fused-ring (bicyclic) bond motifs is 12. The number of furan rings is 1. The minimum atomic E-state index is 0.572. The molecule has 0 saturated heterocycles. The van der Waals surface area contributed by atoms with Crippen molar-refractivity contribution >= 4 is 87.1 Å². The van der Waals surface area contributed by atoms with E-state index in [-0.39, 0.29) is 0 Å². The smallest absolute Gasteiger partial charge is 0.164 e. The summed E-state index contributed by atoms with van der Waals surface area (Å²) in [5.41, 5.74) is 13.0. The zero-order valence-electron chi connectivity index (χ0n) is 38.2. The molecule has 6 heteroatoms. The first kappa shape index (κ1) is 39.4. The minimum absolute atomic E-state index is 0.572. The monoisotopic (exact) mass is 905 g/mol. The van der Waals surface area contributed by atoms with Gasteiger partial charge in [0.25, 0.3) is 0 Å². The molecule has 0 spiro atoms. The topological polar surface area (TPSA) is 61.7 Å². The van der Waals surface area contributed by atoms with Gasteiger partial charge in [-0.3, -0.25) is 0 Å². The molecule has 0 radical (unpaired) electrons. The maximum Gasteiger partial charge on any atom is 0.164 e. The van der Waals surface area contributed by atoms with Crippen LogP contribution in [0.4, 0.5) is 0 Å². The standard InChI is InChI=1S/C65H39N5O/c1-3-18-41(19-4-1)63-66-64(68-65(67-63)52-28-15-31-57-60(52)50-26-12-14-30-56(50)69(57)44-22-5-2-6-23-44)49-36-34-45(70-55-29-13-11-25-47(55)54-37-42-20-7-8-21-43(42)38-58(54)70)39-53(49)48-27-16-32-59-61(48)51-35-33-40-17-9-10-24-46(40)62(51)71-59/h1-39H. The first-order chi connectivity index (χ1) is 35.2. The number of aromatic nitrogens is 5. The summed E-state index contributed by atoms with van der Waals surface area (Å²) >= 11 is 0. The van der Waals surface area contributed by atoms with Crippen molar-refractivity contribution in [2.75, 3.05) is 0 Å². The third kappa shape index (κ3) is 6.05. The Hall–Kier alpha value is -9.65. The highest BCUT2D eigenvalue weighted by Crippen LogP contribution is 2.45. The zero-order valence-corrected chi connectivity index (χ0v) is 38.2. The van der Waals surface area contributed by atoms with Gasteiger partial charge in [0.2, 0.25) is 0 Å². The Morgan fingerprint density at radius 2 is 0.901 bits per heavy atom. The van der Waals surface area contributed by atoms with Crippen molar-refractivity contribution in [3.8, 4) is 56.7 Å². The van der Waals surface area contributed by atoms with Gasteiger partial charge in [-0.25, -0.2) is 15.0 Å². The van der Waals surface area contributed by atoms with Gasteiger partial charge in [-0.05, 0) is 100 Å². The van der Waals surface area contributed by atoms with E-state index in [4.69, 9.17) is 19.4 Å². The Morgan fingerprint density at radius 1 is 0.296 bits per heavy atom. The summed E-state index contributed by atoms with van der Waals surface area (Å²) in [5, 5.41) is 11.3. The van der Waals surface area contributed by atoms with Crippen LogP contribution in [0.5, 0.6) is 0 Å². The molecule has 15 rings (SSSR count). The first-order valence-electron chi connectivity index (χ1n) is 24.0. The summed E-state index contributed by atoms with van der Waals surface area (Å²) in [7, 11) is 0. The molecule has 0 unspecified atom stereocenters. The lowest BCUT2D eigenvalue weighted by Gasteiger charge is -2.16. The highest BCUT2D eigenvalue weighted by molar-refractivity contribution is 6.20. The van der Waals surface area contributed by atoms with E-state index in [1.54, 1.807) is 0 Å². The first-order valence-corrected chi connectivity index (χ1v) is 24.0. The Labute approximate surface area is 407 Å². The average Bonchev–Trinajstić information content (AvgIpc) is 4.11. The Kier molecular flexibility index (Phi) is 8.56. The SMILES string of the molecule is c1ccc(-c2nc(-c3ccc(-n4c5ccccc5c5cc6ccccc6cc54)cc3-c3cccc4oc5c6ccccc6ccc5c34)nc(-c3cccc4c3c3ccccc3n4-c3ccccc3)n2)cc1. The molecule has 0 bridgehead atoms. The second-order valence-electron chi connectivity index (χ2n) is 18.3. The van der Waals surface area contributed by atoms with E-state index in [2.05, 4.69) is 228 Å². The van der Waals surface area contributed by atoms with Crippen molar-refractivity contribution in [2.45, 2.75) is 0 Å². The largest absolute Gasteiger partial charge is 0.455 e. The molecule has 330 valence electrons. The fourth-order valence-electron chi connectivity index (χ4n) is 11.2. The van der Waals surface area contributed by atoms with Crippen molar-refractivity contribution in [3.63, 3.8) is 0 Å². The molecule has 0 aliphatic heterocycles. The van der Waals surface area contributed by atoms with Crippen LogP contribution < -0.4 is 0 Å². The van der Waals surface area contributed by atoms with E-state index >= 15 is 0 Å². The maximum absolute atomic E-state index is 6.85. The van der Waals surface area contributed by atoms with Crippen LogP contribution >= 0.6 is 0 Å². The third-order valence-corrected chi connectivity index (χ3v) is 14.3. The van der Waals surface area contributed by atoms with Crippen LogP contribution in [0.25, 0.3) is 144 Å². The molecular weight excluding hydrogens is 867 g/mol. The van der Waals surface area contributed by atoms with Gasteiger partial charge in [-0.2, -0.15) is 0 Å². The van der Waals surface area contributed by atoms with Crippen molar-refractivity contribution < 1.29 is 4.42 Å². The van der Waals surface area contributed by atoms with Gasteiger partial charge in [0, 0.05) is 65.8 Å². The van der Waals surface area contributed by atoms with Crippen LogP contribution in [-0.2, 0) is 0 Å². The third-order valence-electron chi connectivity index (χ3n) is 14.3. The van der Waals surface area contributed by atoms with Crippen LogP contribution in [0.2, 0.25) is 0 Å². The van der Waals surface area contributed by atoms with Gasteiger partial charge in [-0.15, -0.1) is 0 Å². The van der Waals surface area contributed by atoms with E-state index in [1.165, 1.54) is 21.5 Å². The second kappa shape index (κ2) is 15.4. The molecule has 11 aromatic carbocycles. The van der Waals surface area contributed by atoms with Crippen molar-refractivity contribution in [3.05, 3.63) is 237 Å². The van der Waals surface area contributed by atoms with E-state index in [0.717, 1.165) is 105 Å². The molecule has 6 nitrogen and oxygen atoms in total. The average molecular weight is 906 g/mol. The Morgan fingerprint density at radius 3 is 1.72 bits per heavy atom. The normalized spacial score (nSPS) is 11.9. The Bertz CT molecular complexity index is 4640. The molecule has 4 heterocycles. The predicted molar refractivity (Wildman–Crippen MR) is 293 cm³/mol. The minimum Gasteiger partial charge on any atom is -0.455 e. The number of nitrogens with zero attached hydrogens (tertiary/aromatic N) is 5. The summed E-state index contributed by atoms with van der Waals surface area (Å²) in [6.45, 7) is 0. The molecular formula is C65H39N5O. The lowest BCUT2D eigenvalue weighted by molar-refractivity contribution is 0.673. The summed E-state index contributed by atoms with van der Waals surface area (Å²) in [6.07, 6.45) is 0. The van der Waals surface area contributed by atoms with E-state index < -0.39 is 0 Å². The molecule has 71 heavy (non-hydrogen) atoms.